The number of carboxylic acid groups (broad SMARTS) is 1. The number of carboxylic acids is 1. The van der Waals surface area contributed by atoms with Crippen LogP contribution in [0, 0.1) is 0 Å². The lowest BCUT2D eigenvalue weighted by Gasteiger charge is -2.19. The second-order valence-electron chi connectivity index (χ2n) is 5.71. The van der Waals surface area contributed by atoms with Gasteiger partial charge in [0.25, 0.3) is 0 Å². The molecule has 0 saturated heterocycles. The Bertz CT molecular complexity index is 752. The van der Waals surface area contributed by atoms with Gasteiger partial charge in [0.05, 0.1) is 5.56 Å². The molecule has 1 atom stereocenters. The van der Waals surface area contributed by atoms with E-state index in [0.717, 1.165) is 6.42 Å². The summed E-state index contributed by atoms with van der Waals surface area (Å²) in [6, 6.07) is 11.7. The predicted octanol–water partition coefficient (Wildman–Crippen LogP) is 4.14. The Kier molecular flexibility index (Phi) is 6.17. The third kappa shape index (κ3) is 4.18. The predicted molar refractivity (Wildman–Crippen MR) is 94.2 cm³/mol. The Morgan fingerprint density at radius 3 is 2.32 bits per heavy atom. The lowest BCUT2D eigenvalue weighted by atomic mass is 9.99. The number of phenolic OH excluding ortho intramolecular Hbond substituents is 1. The van der Waals surface area contributed by atoms with E-state index < -0.39 is 12.1 Å². The van der Waals surface area contributed by atoms with Crippen molar-refractivity contribution in [3.8, 4) is 11.5 Å². The lowest BCUT2D eigenvalue weighted by molar-refractivity contribution is -0.145. The summed E-state index contributed by atoms with van der Waals surface area (Å²) in [5.74, 6) is -1.13. The monoisotopic (exact) mass is 342 g/mol. The average Bonchev–Trinajstić information content (AvgIpc) is 2.62. The highest BCUT2D eigenvalue weighted by Crippen LogP contribution is 2.35. The lowest BCUT2D eigenvalue weighted by Crippen LogP contribution is -2.19. The second-order valence-corrected chi connectivity index (χ2v) is 5.71. The summed E-state index contributed by atoms with van der Waals surface area (Å²) in [5, 5.41) is 20.0. The van der Waals surface area contributed by atoms with Crippen molar-refractivity contribution in [3.05, 3.63) is 59.2 Å². The van der Waals surface area contributed by atoms with E-state index >= 15 is 0 Å². The van der Waals surface area contributed by atoms with Gasteiger partial charge >= 0.3 is 5.97 Å². The molecule has 0 aromatic heterocycles. The maximum Gasteiger partial charge on any atom is 0.349 e. The number of rotatable bonds is 8. The number of Topliss-reactive ketones (excluding diaryl/α,β-unsaturated/α-hetero) is 1. The van der Waals surface area contributed by atoms with Crippen molar-refractivity contribution < 1.29 is 24.5 Å². The molecule has 0 heterocycles. The summed E-state index contributed by atoms with van der Waals surface area (Å²) < 4.78 is 5.72. The molecule has 0 amide bonds. The Morgan fingerprint density at radius 2 is 1.76 bits per heavy atom. The van der Waals surface area contributed by atoms with Crippen molar-refractivity contribution in [1.82, 2.24) is 0 Å². The number of carbonyl (C=O) groups is 2. The van der Waals surface area contributed by atoms with Gasteiger partial charge in [-0.25, -0.2) is 4.79 Å². The zero-order valence-corrected chi connectivity index (χ0v) is 14.4. The first-order valence-corrected chi connectivity index (χ1v) is 8.32. The zero-order chi connectivity index (χ0) is 18.4. The van der Waals surface area contributed by atoms with Crippen LogP contribution in [-0.4, -0.2) is 22.0 Å². The van der Waals surface area contributed by atoms with Crippen molar-refractivity contribution >= 4 is 11.8 Å². The van der Waals surface area contributed by atoms with E-state index in [1.807, 2.05) is 6.92 Å². The van der Waals surface area contributed by atoms with Crippen LogP contribution in [0.15, 0.2) is 42.5 Å². The minimum absolute atomic E-state index is 0.122. The summed E-state index contributed by atoms with van der Waals surface area (Å²) in [6.45, 7) is 3.66. The minimum atomic E-state index is -1.19. The minimum Gasteiger partial charge on any atom is -0.507 e. The molecule has 5 heteroatoms. The third-order valence-corrected chi connectivity index (χ3v) is 3.93. The highest BCUT2D eigenvalue weighted by atomic mass is 16.5. The van der Waals surface area contributed by atoms with Gasteiger partial charge in [-0.05, 0) is 18.6 Å². The molecule has 0 aliphatic carbocycles. The number of ketones is 1. The summed E-state index contributed by atoms with van der Waals surface area (Å²) in [6.07, 6.45) is 0.286. The van der Waals surface area contributed by atoms with E-state index in [4.69, 9.17) is 4.74 Å². The molecule has 0 fully saturated rings. The van der Waals surface area contributed by atoms with Crippen LogP contribution < -0.4 is 4.74 Å². The van der Waals surface area contributed by atoms with Gasteiger partial charge in [0.15, 0.2) is 5.78 Å². The molecular formula is C20H22O5. The largest absolute Gasteiger partial charge is 0.507 e. The molecule has 0 aliphatic rings. The Labute approximate surface area is 146 Å². The topological polar surface area (TPSA) is 83.8 Å². The second kappa shape index (κ2) is 8.33. The van der Waals surface area contributed by atoms with Gasteiger partial charge in [-0.1, -0.05) is 50.6 Å². The molecule has 0 saturated carbocycles. The molecule has 0 radical (unpaired) electrons. The fraction of sp³-hybridized carbons (Fsp3) is 0.300. The molecule has 0 bridgehead atoms. The van der Waals surface area contributed by atoms with Crippen LogP contribution in [0.5, 0.6) is 11.5 Å². The van der Waals surface area contributed by atoms with E-state index in [1.165, 1.54) is 6.07 Å². The number of benzene rings is 2. The van der Waals surface area contributed by atoms with Gasteiger partial charge in [0, 0.05) is 17.5 Å². The van der Waals surface area contributed by atoms with Crippen LogP contribution in [0.25, 0.3) is 0 Å². The van der Waals surface area contributed by atoms with Gasteiger partial charge < -0.3 is 14.9 Å². The normalized spacial score (nSPS) is 11.8. The van der Waals surface area contributed by atoms with Gasteiger partial charge in [-0.15, -0.1) is 0 Å². The standard InChI is InChI=1S/C20H22O5/c1-3-8-15-17(12-11-14(18(15)22)16(21)4-2)25-19(20(23)24)13-9-6-5-7-10-13/h5-7,9-12,19,22H,3-4,8H2,1-2H3,(H,23,24). The number of hydrogen-bond donors (Lipinski definition) is 2. The number of carbonyl (C=O) groups excluding carboxylic acids is 1. The molecule has 2 aromatic carbocycles. The molecule has 0 spiro atoms. The van der Waals surface area contributed by atoms with Gasteiger partial charge in [0.1, 0.15) is 11.5 Å². The highest BCUT2D eigenvalue weighted by Gasteiger charge is 2.25. The van der Waals surface area contributed by atoms with Crippen molar-refractivity contribution in [3.63, 3.8) is 0 Å². The molecule has 2 aromatic rings. The fourth-order valence-corrected chi connectivity index (χ4v) is 2.65. The number of ether oxygens (including phenoxy) is 1. The molecule has 2 rings (SSSR count). The number of hydrogen-bond acceptors (Lipinski definition) is 4. The first-order valence-electron chi connectivity index (χ1n) is 8.32. The van der Waals surface area contributed by atoms with E-state index in [0.29, 0.717) is 17.5 Å². The van der Waals surface area contributed by atoms with Crippen LogP contribution in [0.2, 0.25) is 0 Å². The quantitative estimate of drug-likeness (QED) is 0.704. The molecule has 132 valence electrons. The van der Waals surface area contributed by atoms with Crippen LogP contribution in [0.1, 0.15) is 54.3 Å². The number of aliphatic carboxylic acids is 1. The number of phenols is 1. The fourth-order valence-electron chi connectivity index (χ4n) is 2.65. The molecule has 0 aliphatic heterocycles. The van der Waals surface area contributed by atoms with Gasteiger partial charge in [0.2, 0.25) is 6.10 Å². The third-order valence-electron chi connectivity index (χ3n) is 3.93. The van der Waals surface area contributed by atoms with E-state index in [-0.39, 0.29) is 29.3 Å². The SMILES string of the molecule is CCCc1c(OC(C(=O)O)c2ccccc2)ccc(C(=O)CC)c1O. The first-order chi connectivity index (χ1) is 12.0. The summed E-state index contributed by atoms with van der Waals surface area (Å²) in [5.41, 5.74) is 1.21. The molecule has 2 N–H and O–H groups in total. The number of aromatic hydroxyl groups is 1. The van der Waals surface area contributed by atoms with Crippen LogP contribution in [-0.2, 0) is 11.2 Å². The average molecular weight is 342 g/mol. The van der Waals surface area contributed by atoms with E-state index in [1.54, 1.807) is 43.3 Å². The van der Waals surface area contributed by atoms with E-state index in [9.17, 15) is 19.8 Å². The Morgan fingerprint density at radius 1 is 1.08 bits per heavy atom. The molecule has 5 nitrogen and oxygen atoms in total. The van der Waals surface area contributed by atoms with Gasteiger partial charge in [-0.2, -0.15) is 0 Å². The van der Waals surface area contributed by atoms with Gasteiger partial charge in [-0.3, -0.25) is 4.79 Å². The smallest absolute Gasteiger partial charge is 0.349 e. The molecule has 1 unspecified atom stereocenters. The molecular weight excluding hydrogens is 320 g/mol. The van der Waals surface area contributed by atoms with Crippen molar-refractivity contribution in [2.45, 2.75) is 39.2 Å². The van der Waals surface area contributed by atoms with Crippen molar-refractivity contribution in [1.29, 1.82) is 0 Å². The summed E-state index contributed by atoms with van der Waals surface area (Å²) in [7, 11) is 0. The van der Waals surface area contributed by atoms with Crippen LogP contribution in [0.4, 0.5) is 0 Å². The Balaban J connectivity index is 2.45. The maximum absolute atomic E-state index is 12.0. The zero-order valence-electron chi connectivity index (χ0n) is 14.4. The summed E-state index contributed by atoms with van der Waals surface area (Å²) >= 11 is 0. The molecule has 25 heavy (non-hydrogen) atoms. The maximum atomic E-state index is 12.0. The highest BCUT2D eigenvalue weighted by molar-refractivity contribution is 5.99. The van der Waals surface area contributed by atoms with Crippen LogP contribution in [0.3, 0.4) is 0 Å². The first kappa shape index (κ1) is 18.5. The van der Waals surface area contributed by atoms with Crippen molar-refractivity contribution in [2.24, 2.45) is 0 Å². The van der Waals surface area contributed by atoms with Crippen LogP contribution >= 0.6 is 0 Å². The van der Waals surface area contributed by atoms with Crippen molar-refractivity contribution in [2.75, 3.05) is 0 Å². The van der Waals surface area contributed by atoms with E-state index in [2.05, 4.69) is 0 Å². The summed E-state index contributed by atoms with van der Waals surface area (Å²) in [4.78, 5) is 23.6. The Hall–Kier alpha value is -2.82.